The van der Waals surface area contributed by atoms with E-state index in [0.29, 0.717) is 12.2 Å². The Morgan fingerprint density at radius 3 is 2.57 bits per heavy atom. The number of benzene rings is 2. The summed E-state index contributed by atoms with van der Waals surface area (Å²) in [6.07, 6.45) is 3.80. The zero-order valence-electron chi connectivity index (χ0n) is 20.1. The summed E-state index contributed by atoms with van der Waals surface area (Å²) in [6.45, 7) is 4.55. The molecule has 0 amide bonds. The Hall–Kier alpha value is -4.13. The van der Waals surface area contributed by atoms with Crippen molar-refractivity contribution >= 4 is 28.0 Å². The molecule has 5 rings (SSSR count). The summed E-state index contributed by atoms with van der Waals surface area (Å²) in [5.41, 5.74) is 5.28. The Bertz CT molecular complexity index is 1580. The van der Waals surface area contributed by atoms with E-state index in [-0.39, 0.29) is 24.7 Å². The van der Waals surface area contributed by atoms with E-state index in [2.05, 4.69) is 34.8 Å². The highest BCUT2D eigenvalue weighted by Crippen LogP contribution is 2.28. The largest absolute Gasteiger partial charge is 0.466 e. The third kappa shape index (κ3) is 4.03. The van der Waals surface area contributed by atoms with Crippen LogP contribution in [0, 0.1) is 6.92 Å². The molecule has 0 N–H and O–H groups in total. The van der Waals surface area contributed by atoms with Crippen molar-refractivity contribution in [3.05, 3.63) is 100 Å². The third-order valence-electron chi connectivity index (χ3n) is 6.51. The second kappa shape index (κ2) is 9.25. The normalized spacial score (nSPS) is 12.3. The zero-order valence-corrected chi connectivity index (χ0v) is 20.1. The maximum atomic E-state index is 14.0. The summed E-state index contributed by atoms with van der Waals surface area (Å²) in [5.74, 6) is -0.352. The Morgan fingerprint density at radius 1 is 1.03 bits per heavy atom. The van der Waals surface area contributed by atoms with Crippen molar-refractivity contribution in [1.29, 1.82) is 0 Å². The maximum absolute atomic E-state index is 14.0. The van der Waals surface area contributed by atoms with Crippen molar-refractivity contribution < 1.29 is 9.53 Å². The lowest BCUT2D eigenvalue weighted by atomic mass is 10.0. The van der Waals surface area contributed by atoms with Gasteiger partial charge >= 0.3 is 11.7 Å². The van der Waals surface area contributed by atoms with Crippen molar-refractivity contribution in [2.24, 2.45) is 7.05 Å². The van der Waals surface area contributed by atoms with Gasteiger partial charge in [-0.05, 0) is 48.7 Å². The monoisotopic (exact) mass is 468 g/mol. The van der Waals surface area contributed by atoms with Gasteiger partial charge in [0, 0.05) is 30.3 Å². The van der Waals surface area contributed by atoms with E-state index in [1.54, 1.807) is 22.3 Å². The van der Waals surface area contributed by atoms with Crippen molar-refractivity contribution in [3.8, 4) is 0 Å². The topological polar surface area (TPSA) is 71.0 Å². The second-order valence-corrected chi connectivity index (χ2v) is 8.75. The standard InChI is InChI=1S/C28H28N4O3/c1-4-35-25(33)16-24(20-11-6-5-7-12-20)32-27-23(14-9-15-29-27)31(28(32)34)18-21-17-30(3)22-13-8-10-19(2)26(21)22/h5-15,17,24H,4,16,18H2,1-3H3. The lowest BCUT2D eigenvalue weighted by Gasteiger charge is -2.18. The number of carbonyl (C=O) groups excluding carboxylic acids is 1. The van der Waals surface area contributed by atoms with Gasteiger partial charge < -0.3 is 9.30 Å². The zero-order chi connectivity index (χ0) is 24.5. The van der Waals surface area contributed by atoms with Gasteiger partial charge in [-0.15, -0.1) is 0 Å². The fourth-order valence-electron chi connectivity index (χ4n) is 4.98. The Balaban J connectivity index is 1.69. The number of rotatable bonds is 7. The average Bonchev–Trinajstić information content (AvgIpc) is 3.33. The van der Waals surface area contributed by atoms with Crippen molar-refractivity contribution in [2.75, 3.05) is 6.61 Å². The smallest absolute Gasteiger partial charge is 0.331 e. The minimum absolute atomic E-state index is 0.0425. The summed E-state index contributed by atoms with van der Waals surface area (Å²) in [4.78, 5) is 31.1. The highest BCUT2D eigenvalue weighted by atomic mass is 16.5. The number of aromatic nitrogens is 4. The van der Waals surface area contributed by atoms with Gasteiger partial charge in [-0.2, -0.15) is 0 Å². The molecule has 7 heteroatoms. The van der Waals surface area contributed by atoms with Crippen LogP contribution in [0.15, 0.2) is 77.9 Å². The van der Waals surface area contributed by atoms with Gasteiger partial charge in [0.2, 0.25) is 0 Å². The molecule has 0 aliphatic heterocycles. The van der Waals surface area contributed by atoms with Gasteiger partial charge in [0.05, 0.1) is 31.1 Å². The number of esters is 1. The predicted octanol–water partition coefficient (Wildman–Crippen LogP) is 4.59. The van der Waals surface area contributed by atoms with E-state index < -0.39 is 6.04 Å². The SMILES string of the molecule is CCOC(=O)CC(c1ccccc1)n1c(=O)n(Cc2cn(C)c3cccc(C)c23)c2cccnc21. The summed E-state index contributed by atoms with van der Waals surface area (Å²) in [7, 11) is 2.02. The van der Waals surface area contributed by atoms with Crippen LogP contribution in [0.2, 0.25) is 0 Å². The molecule has 1 unspecified atom stereocenters. The molecular weight excluding hydrogens is 440 g/mol. The summed E-state index contributed by atoms with van der Waals surface area (Å²) in [5, 5.41) is 1.15. The number of hydrogen-bond donors (Lipinski definition) is 0. The van der Waals surface area contributed by atoms with Gasteiger partial charge in [0.15, 0.2) is 5.65 Å². The van der Waals surface area contributed by atoms with Gasteiger partial charge in [0.25, 0.3) is 0 Å². The first kappa shape index (κ1) is 22.7. The van der Waals surface area contributed by atoms with Crippen LogP contribution in [0.1, 0.15) is 36.1 Å². The van der Waals surface area contributed by atoms with Gasteiger partial charge in [0.1, 0.15) is 0 Å². The maximum Gasteiger partial charge on any atom is 0.331 e. The number of fused-ring (bicyclic) bond motifs is 2. The number of nitrogens with zero attached hydrogens (tertiary/aromatic N) is 4. The molecule has 178 valence electrons. The van der Waals surface area contributed by atoms with Crippen molar-refractivity contribution in [3.63, 3.8) is 0 Å². The third-order valence-corrected chi connectivity index (χ3v) is 6.51. The first-order valence-corrected chi connectivity index (χ1v) is 11.8. The molecule has 35 heavy (non-hydrogen) atoms. The van der Waals surface area contributed by atoms with Crippen LogP contribution in [-0.4, -0.2) is 31.3 Å². The number of hydrogen-bond acceptors (Lipinski definition) is 4. The van der Waals surface area contributed by atoms with Gasteiger partial charge in [-0.1, -0.05) is 42.5 Å². The molecule has 0 radical (unpaired) electrons. The fourth-order valence-corrected chi connectivity index (χ4v) is 4.98. The molecule has 0 fully saturated rings. The summed E-state index contributed by atoms with van der Waals surface area (Å²) in [6, 6.07) is 19.0. The first-order chi connectivity index (χ1) is 17.0. The Labute approximate surface area is 203 Å². The van der Waals surface area contributed by atoms with Crippen LogP contribution in [-0.2, 0) is 23.1 Å². The summed E-state index contributed by atoms with van der Waals surface area (Å²) >= 11 is 0. The highest BCUT2D eigenvalue weighted by molar-refractivity contribution is 5.87. The van der Waals surface area contributed by atoms with E-state index in [1.165, 1.54) is 0 Å². The van der Waals surface area contributed by atoms with Crippen molar-refractivity contribution in [2.45, 2.75) is 32.9 Å². The van der Waals surface area contributed by atoms with Gasteiger partial charge in [-0.3, -0.25) is 13.9 Å². The molecule has 0 spiro atoms. The van der Waals surface area contributed by atoms with Crippen LogP contribution in [0.3, 0.4) is 0 Å². The number of carbonyl (C=O) groups is 1. The molecule has 2 aromatic carbocycles. The average molecular weight is 469 g/mol. The second-order valence-electron chi connectivity index (χ2n) is 8.75. The lowest BCUT2D eigenvalue weighted by molar-refractivity contribution is -0.143. The molecule has 0 aliphatic carbocycles. The lowest BCUT2D eigenvalue weighted by Crippen LogP contribution is -2.30. The van der Waals surface area contributed by atoms with Crippen LogP contribution in [0.4, 0.5) is 0 Å². The van der Waals surface area contributed by atoms with Crippen LogP contribution < -0.4 is 5.69 Å². The molecule has 0 bridgehead atoms. The molecule has 0 saturated carbocycles. The molecule has 3 aromatic heterocycles. The van der Waals surface area contributed by atoms with Gasteiger partial charge in [-0.25, -0.2) is 9.78 Å². The molecule has 1 atom stereocenters. The van der Waals surface area contributed by atoms with E-state index >= 15 is 0 Å². The van der Waals surface area contributed by atoms with Crippen LogP contribution >= 0.6 is 0 Å². The minimum Gasteiger partial charge on any atom is -0.466 e. The number of imidazole rings is 1. The fraction of sp³-hybridized carbons (Fsp3) is 0.250. The molecule has 0 aliphatic rings. The number of aryl methyl sites for hydroxylation is 2. The molecule has 5 aromatic rings. The van der Waals surface area contributed by atoms with Crippen molar-refractivity contribution in [1.82, 2.24) is 18.7 Å². The van der Waals surface area contributed by atoms with E-state index in [9.17, 15) is 9.59 Å². The molecule has 7 nitrogen and oxygen atoms in total. The molecule has 3 heterocycles. The Kier molecular flexibility index (Phi) is 5.99. The predicted molar refractivity (Wildman–Crippen MR) is 137 cm³/mol. The first-order valence-electron chi connectivity index (χ1n) is 11.8. The number of ether oxygens (including phenoxy) is 1. The quantitative estimate of drug-likeness (QED) is 0.328. The minimum atomic E-state index is -0.532. The summed E-state index contributed by atoms with van der Waals surface area (Å²) < 4.78 is 10.7. The van der Waals surface area contributed by atoms with E-state index in [0.717, 1.165) is 33.1 Å². The van der Waals surface area contributed by atoms with Crippen LogP contribution in [0.25, 0.3) is 22.1 Å². The van der Waals surface area contributed by atoms with Crippen LogP contribution in [0.5, 0.6) is 0 Å². The number of pyridine rings is 1. The molecule has 0 saturated heterocycles. The van der Waals surface area contributed by atoms with E-state index in [1.807, 2.05) is 55.6 Å². The molecular formula is C28H28N4O3. The van der Waals surface area contributed by atoms with E-state index in [4.69, 9.17) is 4.74 Å². The highest BCUT2D eigenvalue weighted by Gasteiger charge is 2.26. The Morgan fingerprint density at radius 2 is 1.80 bits per heavy atom.